The molecule has 0 N–H and O–H groups in total. The zero-order chi connectivity index (χ0) is 37.8. The molecule has 6 heteroatoms. The Bertz CT molecular complexity index is 2740. The topological polar surface area (TPSA) is 54.1 Å². The normalized spacial score (nSPS) is 11.9. The van der Waals surface area contributed by atoms with Gasteiger partial charge in [0.2, 0.25) is 0 Å². The number of nitriles is 2. The van der Waals surface area contributed by atoms with Crippen molar-refractivity contribution in [2.45, 2.75) is 34.5 Å². The Labute approximate surface area is 323 Å². The minimum absolute atomic E-state index is 0.640. The van der Waals surface area contributed by atoms with Crippen molar-refractivity contribution >= 4 is 102 Å². The summed E-state index contributed by atoms with van der Waals surface area (Å²) >= 11 is -4.22. The average molecular weight is 820 g/mol. The van der Waals surface area contributed by atoms with Crippen molar-refractivity contribution in [2.75, 3.05) is 9.80 Å². The van der Waals surface area contributed by atoms with Crippen LogP contribution in [0.25, 0.3) is 32.3 Å². The van der Waals surface area contributed by atoms with Crippen molar-refractivity contribution in [1.82, 2.24) is 0 Å². The third-order valence-electron chi connectivity index (χ3n) is 10.6. The van der Waals surface area contributed by atoms with Gasteiger partial charge in [0.25, 0.3) is 0 Å². The van der Waals surface area contributed by atoms with E-state index >= 15 is 0 Å². The van der Waals surface area contributed by atoms with Crippen LogP contribution in [0.3, 0.4) is 0 Å². The van der Waals surface area contributed by atoms with Crippen LogP contribution in [0.5, 0.6) is 0 Å². The monoisotopic (exact) mass is 822 g/mol. The predicted molar refractivity (Wildman–Crippen MR) is 235 cm³/mol. The second kappa shape index (κ2) is 13.7. The molecule has 0 aromatic heterocycles. The van der Waals surface area contributed by atoms with E-state index in [0.717, 1.165) is 44.9 Å². The molecular weight excluding hydrogens is 778 g/mol. The van der Waals surface area contributed by atoms with Crippen LogP contribution >= 0.6 is 0 Å². The summed E-state index contributed by atoms with van der Waals surface area (Å²) in [6.45, 7) is 0. The van der Waals surface area contributed by atoms with Crippen LogP contribution in [0.2, 0.25) is 34.5 Å². The molecule has 8 rings (SSSR count). The summed E-state index contributed by atoms with van der Waals surface area (Å²) in [5.74, 6) is 14.6. The van der Waals surface area contributed by atoms with Gasteiger partial charge in [0.1, 0.15) is 0 Å². The maximum atomic E-state index is 9.65. The van der Waals surface area contributed by atoms with E-state index in [2.05, 4.69) is 178 Å². The Morgan fingerprint density at radius 1 is 0.407 bits per heavy atom. The molecule has 0 unspecified atom stereocenters. The fourth-order valence-corrected chi connectivity index (χ4v) is 12.5. The van der Waals surface area contributed by atoms with E-state index in [0.29, 0.717) is 11.1 Å². The number of anilines is 6. The molecule has 0 spiro atoms. The molecule has 4 nitrogen and oxygen atoms in total. The third kappa shape index (κ3) is 6.40. The fourth-order valence-electron chi connectivity index (χ4n) is 7.62. The van der Waals surface area contributed by atoms with Gasteiger partial charge in [-0.25, -0.2) is 0 Å². The summed E-state index contributed by atoms with van der Waals surface area (Å²) in [6.07, 6.45) is 0. The van der Waals surface area contributed by atoms with Gasteiger partial charge in [-0.05, 0) is 0 Å². The predicted octanol–water partition coefficient (Wildman–Crippen LogP) is 12.4. The maximum absolute atomic E-state index is 9.65. The van der Waals surface area contributed by atoms with Gasteiger partial charge in [0, 0.05) is 0 Å². The molecule has 0 amide bonds. The minimum atomic E-state index is -2.18. The SMILES string of the molecule is [CH3][Ge]([CH3])([CH3])[c]1ccc(N(c2ccc(C#N)cc2)c2ccc3cc(N(c4ccc(C#N)cc4)c4ccc[c]([Ge]([CH3])([CH3])[CH3])c4)c4cccc5ccc2c3c54)cc1. The summed E-state index contributed by atoms with van der Waals surface area (Å²) in [7, 11) is 0. The zero-order valence-corrected chi connectivity index (χ0v) is 35.8. The Morgan fingerprint density at radius 3 is 1.48 bits per heavy atom. The van der Waals surface area contributed by atoms with Crippen molar-refractivity contribution in [3.63, 3.8) is 0 Å². The molecule has 0 fully saturated rings. The fraction of sp³-hybridized carbons (Fsp3) is 0.125. The Hall–Kier alpha value is -5.53. The molecule has 0 saturated heterocycles. The second-order valence-corrected chi connectivity index (χ2v) is 37.5. The summed E-state index contributed by atoms with van der Waals surface area (Å²) in [5, 5.41) is 26.4. The van der Waals surface area contributed by atoms with E-state index in [-0.39, 0.29) is 0 Å². The molecule has 0 heterocycles. The Kier molecular flexibility index (Phi) is 9.01. The molecule has 0 aliphatic heterocycles. The van der Waals surface area contributed by atoms with E-state index in [1.807, 2.05) is 24.3 Å². The van der Waals surface area contributed by atoms with Crippen molar-refractivity contribution in [1.29, 1.82) is 10.5 Å². The van der Waals surface area contributed by atoms with Crippen LogP contribution in [0.15, 0.2) is 146 Å². The van der Waals surface area contributed by atoms with Crippen LogP contribution in [-0.4, -0.2) is 26.5 Å². The van der Waals surface area contributed by atoms with Gasteiger partial charge in [0.15, 0.2) is 0 Å². The van der Waals surface area contributed by atoms with Gasteiger partial charge in [0.05, 0.1) is 0 Å². The average Bonchev–Trinajstić information content (AvgIpc) is 3.18. The Morgan fingerprint density at radius 2 is 0.907 bits per heavy atom. The molecule has 0 bridgehead atoms. The first-order chi connectivity index (χ1) is 25.9. The molecule has 0 radical (unpaired) electrons. The molecule has 8 aromatic rings. The van der Waals surface area contributed by atoms with Crippen LogP contribution in [0.1, 0.15) is 11.1 Å². The number of hydrogen-bond donors (Lipinski definition) is 0. The first-order valence-electron chi connectivity index (χ1n) is 18.5. The summed E-state index contributed by atoms with van der Waals surface area (Å²) in [4.78, 5) is 4.70. The number of rotatable bonds is 8. The standard InChI is InChI=1S/C48H42Ge2N4/c1-49(2,3)37-19-25-41(26-20-37)53(39-21-13-33(31-51)14-22-39)45-28-18-36-29-46(43-12-7-9-35-17-27-44(45)48(36)47(35)43)54(40-23-15-34(32-52)16-24-40)42-11-8-10-38(30-42)50(4,5)6/h7-30H,1-6H3. The first kappa shape index (κ1) is 35.5. The summed E-state index contributed by atoms with van der Waals surface area (Å²) in [6, 6.07) is 56.6. The molecule has 0 saturated carbocycles. The van der Waals surface area contributed by atoms with Crippen LogP contribution in [-0.2, 0) is 0 Å². The number of hydrogen-bond acceptors (Lipinski definition) is 4. The van der Waals surface area contributed by atoms with Gasteiger partial charge in [-0.15, -0.1) is 0 Å². The molecule has 54 heavy (non-hydrogen) atoms. The number of nitrogens with zero attached hydrogens (tertiary/aromatic N) is 4. The summed E-state index contributed by atoms with van der Waals surface area (Å²) < 4.78 is 2.90. The van der Waals surface area contributed by atoms with Gasteiger partial charge in [-0.1, -0.05) is 0 Å². The van der Waals surface area contributed by atoms with Crippen LogP contribution in [0.4, 0.5) is 34.1 Å². The van der Waals surface area contributed by atoms with Crippen molar-refractivity contribution in [3.8, 4) is 12.1 Å². The van der Waals surface area contributed by atoms with Crippen molar-refractivity contribution < 1.29 is 0 Å². The summed E-state index contributed by atoms with van der Waals surface area (Å²) in [5.41, 5.74) is 7.69. The van der Waals surface area contributed by atoms with Gasteiger partial charge < -0.3 is 0 Å². The first-order valence-corrected chi connectivity index (χ1v) is 33.2. The molecule has 0 aliphatic rings. The van der Waals surface area contributed by atoms with E-state index in [1.165, 1.54) is 30.3 Å². The third-order valence-corrected chi connectivity index (χ3v) is 19.2. The van der Waals surface area contributed by atoms with Gasteiger partial charge >= 0.3 is 325 Å². The quantitative estimate of drug-likeness (QED) is 0.113. The zero-order valence-electron chi connectivity index (χ0n) is 31.6. The van der Waals surface area contributed by atoms with Crippen molar-refractivity contribution in [3.05, 3.63) is 157 Å². The van der Waals surface area contributed by atoms with E-state index in [9.17, 15) is 10.5 Å². The van der Waals surface area contributed by atoms with E-state index in [1.54, 1.807) is 0 Å². The molecule has 262 valence electrons. The van der Waals surface area contributed by atoms with E-state index < -0.39 is 26.5 Å². The number of benzene rings is 8. The van der Waals surface area contributed by atoms with Crippen LogP contribution < -0.4 is 18.6 Å². The second-order valence-electron chi connectivity index (χ2n) is 16.2. The van der Waals surface area contributed by atoms with Gasteiger partial charge in [-0.2, -0.15) is 0 Å². The van der Waals surface area contributed by atoms with Crippen LogP contribution in [0, 0.1) is 22.7 Å². The Balaban J connectivity index is 1.39. The van der Waals surface area contributed by atoms with Crippen molar-refractivity contribution in [2.24, 2.45) is 0 Å². The molecular formula is C48H42Ge2N4. The van der Waals surface area contributed by atoms with Gasteiger partial charge in [-0.3, -0.25) is 0 Å². The molecule has 8 aromatic carbocycles. The van der Waals surface area contributed by atoms with E-state index in [4.69, 9.17) is 0 Å². The molecule has 0 atom stereocenters. The molecule has 0 aliphatic carbocycles.